The van der Waals surface area contributed by atoms with Gasteiger partial charge in [0.05, 0.1) is 12.9 Å². The molecular formula is C15H19NO3. The van der Waals surface area contributed by atoms with E-state index in [9.17, 15) is 4.79 Å². The third-order valence-electron chi connectivity index (χ3n) is 2.32. The lowest BCUT2D eigenvalue weighted by Crippen LogP contribution is -1.99. The highest BCUT2D eigenvalue weighted by molar-refractivity contribution is 5.81. The number of ether oxygens (including phenoxy) is 1. The second-order valence-corrected chi connectivity index (χ2v) is 3.75. The minimum Gasteiger partial charge on any atom is -0.467 e. The molecule has 0 fully saturated rings. The van der Waals surface area contributed by atoms with Crippen LogP contribution in [-0.2, 0) is 9.53 Å². The Morgan fingerprint density at radius 3 is 3.05 bits per heavy atom. The predicted molar refractivity (Wildman–Crippen MR) is 75.1 cm³/mol. The lowest BCUT2D eigenvalue weighted by Gasteiger charge is -2.05. The molecular weight excluding hydrogens is 242 g/mol. The molecule has 0 bridgehead atoms. The maximum absolute atomic E-state index is 11.2. The minimum atomic E-state index is -0.335. The van der Waals surface area contributed by atoms with E-state index in [-0.39, 0.29) is 12.0 Å². The van der Waals surface area contributed by atoms with Gasteiger partial charge in [0.1, 0.15) is 11.8 Å². The van der Waals surface area contributed by atoms with E-state index in [1.807, 2.05) is 31.2 Å². The molecule has 0 radical (unpaired) electrons. The topological polar surface area (TPSA) is 51.8 Å². The van der Waals surface area contributed by atoms with Crippen LogP contribution in [0.25, 0.3) is 0 Å². The molecule has 0 N–H and O–H groups in total. The monoisotopic (exact) mass is 261 g/mol. The molecule has 0 spiro atoms. The fourth-order valence-corrected chi connectivity index (χ4v) is 1.45. The number of allylic oxidation sites excluding steroid dienone is 2. The smallest absolute Gasteiger partial charge is 0.330 e. The van der Waals surface area contributed by atoms with Crippen molar-refractivity contribution in [2.45, 2.75) is 26.3 Å². The fourth-order valence-electron chi connectivity index (χ4n) is 1.45. The zero-order chi connectivity index (χ0) is 13.9. The van der Waals surface area contributed by atoms with Gasteiger partial charge in [-0.25, -0.2) is 4.79 Å². The number of esters is 1. The molecule has 0 aliphatic heterocycles. The number of furan rings is 1. The number of carbonyl (C=O) groups excluding carboxylic acids is 1. The molecule has 0 aliphatic carbocycles. The zero-order valence-corrected chi connectivity index (χ0v) is 11.3. The molecule has 0 amide bonds. The normalized spacial score (nSPS) is 13.6. The lowest BCUT2D eigenvalue weighted by atomic mass is 10.1. The number of carbonyl (C=O) groups is 1. The molecule has 1 aromatic rings. The summed E-state index contributed by atoms with van der Waals surface area (Å²) >= 11 is 0. The standard InChI is InChI=1S/C15H19NO3/c1-3-5-11-16-13(14-9-7-12-19-14)8-6-10-15(17)18-4-2/h3,5-7,9-13H,4,8H2,1-2H3/b5-3+,10-6+,16-11?/t13-/m0/s1. The molecule has 4 nitrogen and oxygen atoms in total. The van der Waals surface area contributed by atoms with Gasteiger partial charge in [0.2, 0.25) is 0 Å². The molecule has 4 heteroatoms. The molecule has 0 aliphatic rings. The highest BCUT2D eigenvalue weighted by Crippen LogP contribution is 2.21. The van der Waals surface area contributed by atoms with E-state index in [0.717, 1.165) is 5.76 Å². The van der Waals surface area contributed by atoms with Crippen molar-refractivity contribution in [3.05, 3.63) is 48.5 Å². The Labute approximate surface area is 113 Å². The summed E-state index contributed by atoms with van der Waals surface area (Å²) in [6.45, 7) is 4.08. The van der Waals surface area contributed by atoms with E-state index in [1.165, 1.54) is 6.08 Å². The van der Waals surface area contributed by atoms with Gasteiger partial charge in [0, 0.05) is 12.3 Å². The van der Waals surface area contributed by atoms with Crippen molar-refractivity contribution >= 4 is 12.2 Å². The average molecular weight is 261 g/mol. The molecule has 0 saturated carbocycles. The summed E-state index contributed by atoms with van der Waals surface area (Å²) < 4.78 is 10.2. The molecule has 0 saturated heterocycles. The van der Waals surface area contributed by atoms with Gasteiger partial charge in [-0.3, -0.25) is 4.99 Å². The van der Waals surface area contributed by atoms with Crippen LogP contribution in [0.15, 0.2) is 52.1 Å². The van der Waals surface area contributed by atoms with Gasteiger partial charge in [-0.05, 0) is 38.5 Å². The van der Waals surface area contributed by atoms with Crippen LogP contribution in [0.1, 0.15) is 32.1 Å². The predicted octanol–water partition coefficient (Wildman–Crippen LogP) is 3.48. The number of hydrogen-bond donors (Lipinski definition) is 0. The van der Waals surface area contributed by atoms with Gasteiger partial charge in [-0.15, -0.1) is 0 Å². The summed E-state index contributed by atoms with van der Waals surface area (Å²) in [6.07, 6.45) is 10.8. The zero-order valence-electron chi connectivity index (χ0n) is 11.3. The highest BCUT2D eigenvalue weighted by atomic mass is 16.5. The van der Waals surface area contributed by atoms with Crippen LogP contribution >= 0.6 is 0 Å². The van der Waals surface area contributed by atoms with Gasteiger partial charge >= 0.3 is 5.97 Å². The molecule has 102 valence electrons. The van der Waals surface area contributed by atoms with Gasteiger partial charge < -0.3 is 9.15 Å². The fraction of sp³-hybridized carbons (Fsp3) is 0.333. The van der Waals surface area contributed by atoms with E-state index in [2.05, 4.69) is 4.99 Å². The Bertz CT molecular complexity index is 444. The van der Waals surface area contributed by atoms with Crippen molar-refractivity contribution in [2.75, 3.05) is 6.61 Å². The Morgan fingerprint density at radius 1 is 1.58 bits per heavy atom. The summed E-state index contributed by atoms with van der Waals surface area (Å²) in [5.74, 6) is 0.437. The van der Waals surface area contributed by atoms with Crippen molar-refractivity contribution in [3.8, 4) is 0 Å². The lowest BCUT2D eigenvalue weighted by molar-refractivity contribution is -0.137. The van der Waals surface area contributed by atoms with Crippen molar-refractivity contribution in [1.29, 1.82) is 0 Å². The van der Waals surface area contributed by atoms with Crippen molar-refractivity contribution in [3.63, 3.8) is 0 Å². The van der Waals surface area contributed by atoms with E-state index >= 15 is 0 Å². The molecule has 19 heavy (non-hydrogen) atoms. The van der Waals surface area contributed by atoms with Crippen LogP contribution in [0.5, 0.6) is 0 Å². The molecule has 1 heterocycles. The van der Waals surface area contributed by atoms with Crippen LogP contribution < -0.4 is 0 Å². The second kappa shape index (κ2) is 8.91. The Balaban J connectivity index is 2.62. The average Bonchev–Trinajstić information content (AvgIpc) is 2.91. The molecule has 0 unspecified atom stereocenters. The summed E-state index contributed by atoms with van der Waals surface area (Å²) in [5, 5.41) is 0. The second-order valence-electron chi connectivity index (χ2n) is 3.75. The third kappa shape index (κ3) is 5.86. The van der Waals surface area contributed by atoms with E-state index in [1.54, 1.807) is 25.5 Å². The van der Waals surface area contributed by atoms with Crippen LogP contribution in [0, 0.1) is 0 Å². The first-order valence-electron chi connectivity index (χ1n) is 6.29. The van der Waals surface area contributed by atoms with Crippen molar-refractivity contribution < 1.29 is 13.9 Å². The Kier molecular flexibility index (Phi) is 7.02. The van der Waals surface area contributed by atoms with Gasteiger partial charge in [0.25, 0.3) is 0 Å². The van der Waals surface area contributed by atoms with E-state index < -0.39 is 0 Å². The summed E-state index contributed by atoms with van der Waals surface area (Å²) in [6, 6.07) is 3.57. The van der Waals surface area contributed by atoms with Gasteiger partial charge in [-0.1, -0.05) is 12.2 Å². The first-order chi connectivity index (χ1) is 9.27. The molecule has 0 aromatic carbocycles. The minimum absolute atomic E-state index is 0.128. The van der Waals surface area contributed by atoms with Crippen molar-refractivity contribution in [1.82, 2.24) is 0 Å². The number of hydrogen-bond acceptors (Lipinski definition) is 4. The summed E-state index contributed by atoms with van der Waals surface area (Å²) in [5.41, 5.74) is 0. The van der Waals surface area contributed by atoms with E-state index in [0.29, 0.717) is 13.0 Å². The number of rotatable bonds is 7. The largest absolute Gasteiger partial charge is 0.467 e. The quantitative estimate of drug-likeness (QED) is 0.429. The van der Waals surface area contributed by atoms with Crippen molar-refractivity contribution in [2.24, 2.45) is 4.99 Å². The SMILES string of the molecule is C/C=C/C=N[C@@H](C/C=C/C(=O)OCC)c1ccco1. The van der Waals surface area contributed by atoms with Crippen LogP contribution in [0.4, 0.5) is 0 Å². The maximum Gasteiger partial charge on any atom is 0.330 e. The highest BCUT2D eigenvalue weighted by Gasteiger charge is 2.10. The first-order valence-corrected chi connectivity index (χ1v) is 6.29. The third-order valence-corrected chi connectivity index (χ3v) is 2.32. The van der Waals surface area contributed by atoms with Crippen LogP contribution in [0.3, 0.4) is 0 Å². The Morgan fingerprint density at radius 2 is 2.42 bits per heavy atom. The van der Waals surface area contributed by atoms with E-state index in [4.69, 9.17) is 9.15 Å². The molecule has 1 rings (SSSR count). The van der Waals surface area contributed by atoms with Gasteiger partial charge in [0.15, 0.2) is 0 Å². The van der Waals surface area contributed by atoms with Crippen LogP contribution in [0.2, 0.25) is 0 Å². The maximum atomic E-state index is 11.2. The first kappa shape index (κ1) is 15.0. The van der Waals surface area contributed by atoms with Gasteiger partial charge in [-0.2, -0.15) is 0 Å². The summed E-state index contributed by atoms with van der Waals surface area (Å²) in [4.78, 5) is 15.6. The number of aliphatic imine (C=N–C) groups is 1. The molecule has 1 aromatic heterocycles. The number of nitrogens with zero attached hydrogens (tertiary/aromatic N) is 1. The molecule has 1 atom stereocenters. The van der Waals surface area contributed by atoms with Crippen LogP contribution in [-0.4, -0.2) is 18.8 Å². The Hall–Kier alpha value is -2.10. The summed E-state index contributed by atoms with van der Waals surface area (Å²) in [7, 11) is 0.